The molecule has 0 aliphatic rings. The summed E-state index contributed by atoms with van der Waals surface area (Å²) in [7, 11) is -4.37. The highest BCUT2D eigenvalue weighted by Crippen LogP contribution is 2.42. The second-order valence-corrected chi connectivity index (χ2v) is 13.3. The van der Waals surface area contributed by atoms with Crippen LogP contribution >= 0.6 is 7.82 Å². The van der Waals surface area contributed by atoms with Gasteiger partial charge >= 0.3 is 13.8 Å². The van der Waals surface area contributed by atoms with Crippen LogP contribution in [-0.2, 0) is 27.9 Å². The highest BCUT2D eigenvalue weighted by Gasteiger charge is 2.23. The van der Waals surface area contributed by atoms with E-state index in [1.807, 2.05) is 0 Å². The molecule has 0 heterocycles. The van der Waals surface area contributed by atoms with Crippen LogP contribution in [0.1, 0.15) is 168 Å². The van der Waals surface area contributed by atoms with Crippen LogP contribution in [0.4, 0.5) is 0 Å². The van der Waals surface area contributed by atoms with Crippen molar-refractivity contribution in [1.82, 2.24) is 5.32 Å². The lowest BCUT2D eigenvalue weighted by atomic mass is 10.0. The molecule has 0 rings (SSSR count). The number of ether oxygens (including phenoxy) is 1. The number of esters is 1. The van der Waals surface area contributed by atoms with Crippen LogP contribution in [-0.4, -0.2) is 54.3 Å². The number of rotatable bonds is 33. The molecular weight excluding hydrogens is 569 g/mol. The molecule has 2 atom stereocenters. The lowest BCUT2D eigenvalue weighted by Crippen LogP contribution is -2.26. The van der Waals surface area contributed by atoms with Crippen LogP contribution in [0.5, 0.6) is 0 Å². The zero-order chi connectivity index (χ0) is 31.9. The molecule has 0 aromatic heterocycles. The fraction of sp³-hybridized carbons (Fsp3) is 0.939. The first-order valence-electron chi connectivity index (χ1n) is 17.5. The number of phosphoric ester groups is 1. The van der Waals surface area contributed by atoms with Gasteiger partial charge in [0.1, 0.15) is 12.7 Å². The molecule has 2 unspecified atom stereocenters. The van der Waals surface area contributed by atoms with E-state index < -0.39 is 26.5 Å². The maximum atomic E-state index is 11.9. The van der Waals surface area contributed by atoms with Crippen molar-refractivity contribution >= 4 is 19.7 Å². The topological polar surface area (TPSA) is 131 Å². The Hall–Kier alpha value is -0.990. The van der Waals surface area contributed by atoms with E-state index >= 15 is 0 Å². The Labute approximate surface area is 263 Å². The van der Waals surface area contributed by atoms with E-state index in [1.165, 1.54) is 122 Å². The first kappa shape index (κ1) is 42.0. The maximum absolute atomic E-state index is 11.9. The van der Waals surface area contributed by atoms with Crippen molar-refractivity contribution in [2.45, 2.75) is 174 Å². The van der Waals surface area contributed by atoms with E-state index in [-0.39, 0.29) is 32.1 Å². The fourth-order valence-corrected chi connectivity index (χ4v) is 5.64. The average molecular weight is 636 g/mol. The minimum Gasteiger partial charge on any atom is -0.463 e. The predicted molar refractivity (Wildman–Crippen MR) is 174 cm³/mol. The molecule has 0 bridgehead atoms. The van der Waals surface area contributed by atoms with Gasteiger partial charge in [0, 0.05) is 19.4 Å². The summed E-state index contributed by atoms with van der Waals surface area (Å²) in [6.45, 7) is 3.00. The van der Waals surface area contributed by atoms with Crippen molar-refractivity contribution < 1.29 is 37.9 Å². The van der Waals surface area contributed by atoms with Crippen LogP contribution in [0, 0.1) is 0 Å². The zero-order valence-electron chi connectivity index (χ0n) is 27.7. The molecular formula is C33H66NO8P. The maximum Gasteiger partial charge on any atom is 0.472 e. The van der Waals surface area contributed by atoms with Crippen LogP contribution < -0.4 is 5.32 Å². The Morgan fingerprint density at radius 1 is 0.651 bits per heavy atom. The summed E-state index contributed by atoms with van der Waals surface area (Å²) in [4.78, 5) is 32.6. The summed E-state index contributed by atoms with van der Waals surface area (Å²) in [5.41, 5.74) is 0. The van der Waals surface area contributed by atoms with Gasteiger partial charge in [0.05, 0.1) is 13.2 Å². The fourth-order valence-electron chi connectivity index (χ4n) is 4.88. The first-order valence-corrected chi connectivity index (χ1v) is 19.0. The predicted octanol–water partition coefficient (Wildman–Crippen LogP) is 8.54. The van der Waals surface area contributed by atoms with E-state index in [9.17, 15) is 24.2 Å². The number of hydrogen-bond donors (Lipinski definition) is 3. The summed E-state index contributed by atoms with van der Waals surface area (Å²) in [5.74, 6) is -0.599. The van der Waals surface area contributed by atoms with Gasteiger partial charge in [0.15, 0.2) is 0 Å². The molecule has 1 amide bonds. The van der Waals surface area contributed by atoms with Gasteiger partial charge in [0.2, 0.25) is 5.91 Å². The Morgan fingerprint density at radius 3 is 1.49 bits per heavy atom. The molecule has 0 radical (unpaired) electrons. The summed E-state index contributed by atoms with van der Waals surface area (Å²) in [6, 6.07) is 0. The van der Waals surface area contributed by atoms with E-state index in [1.54, 1.807) is 6.92 Å². The van der Waals surface area contributed by atoms with Gasteiger partial charge in [-0.3, -0.25) is 18.6 Å². The molecule has 0 aliphatic heterocycles. The van der Waals surface area contributed by atoms with Gasteiger partial charge < -0.3 is 20.1 Å². The smallest absolute Gasteiger partial charge is 0.463 e. The van der Waals surface area contributed by atoms with E-state index in [0.717, 1.165) is 19.3 Å². The zero-order valence-corrected chi connectivity index (χ0v) is 28.6. The number of nitrogens with one attached hydrogen (secondary N) is 1. The Kier molecular flexibility index (Phi) is 30.3. The van der Waals surface area contributed by atoms with Gasteiger partial charge in [-0.05, 0) is 6.42 Å². The number of amides is 1. The number of aliphatic hydroxyl groups is 1. The van der Waals surface area contributed by atoms with E-state index in [2.05, 4.69) is 12.2 Å². The van der Waals surface area contributed by atoms with E-state index in [0.29, 0.717) is 6.42 Å². The van der Waals surface area contributed by atoms with Crippen molar-refractivity contribution in [3.05, 3.63) is 0 Å². The second kappa shape index (κ2) is 31.0. The summed E-state index contributed by atoms with van der Waals surface area (Å²) in [5, 5.41) is 12.3. The largest absolute Gasteiger partial charge is 0.472 e. The first-order chi connectivity index (χ1) is 20.8. The number of unbranched alkanes of at least 4 members (excludes halogenated alkanes) is 21. The number of phosphoric acid groups is 1. The lowest BCUT2D eigenvalue weighted by Gasteiger charge is -2.15. The molecule has 0 spiro atoms. The molecule has 0 aromatic rings. The molecule has 9 nitrogen and oxygen atoms in total. The number of carbonyl (C=O) groups excluding carboxylic acids is 2. The third kappa shape index (κ3) is 32.2. The van der Waals surface area contributed by atoms with Crippen molar-refractivity contribution in [3.8, 4) is 0 Å². The normalized spacial score (nSPS) is 13.5. The molecule has 10 heteroatoms. The van der Waals surface area contributed by atoms with Crippen LogP contribution in [0.2, 0.25) is 0 Å². The van der Waals surface area contributed by atoms with Crippen molar-refractivity contribution in [2.24, 2.45) is 0 Å². The van der Waals surface area contributed by atoms with Crippen LogP contribution in [0.3, 0.4) is 0 Å². The molecule has 0 saturated carbocycles. The van der Waals surface area contributed by atoms with Gasteiger partial charge in [-0.1, -0.05) is 149 Å². The lowest BCUT2D eigenvalue weighted by molar-refractivity contribution is -0.147. The molecule has 0 saturated heterocycles. The molecule has 0 aliphatic carbocycles. The van der Waals surface area contributed by atoms with E-state index in [4.69, 9.17) is 13.8 Å². The van der Waals surface area contributed by atoms with Crippen molar-refractivity contribution in [2.75, 3.05) is 26.4 Å². The molecule has 43 heavy (non-hydrogen) atoms. The summed E-state index contributed by atoms with van der Waals surface area (Å²) in [6.07, 6.45) is 28.3. The minimum absolute atomic E-state index is 0.0698. The SMILES string of the molecule is CCCCCCCCCCCCCCCCCCCCCCCCC(=O)OCC(O)COP(=O)(O)OCCNC(=O)CC. The van der Waals surface area contributed by atoms with Crippen molar-refractivity contribution in [3.63, 3.8) is 0 Å². The summed E-state index contributed by atoms with van der Waals surface area (Å²) >= 11 is 0. The third-order valence-corrected chi connectivity index (χ3v) is 8.59. The Bertz CT molecular complexity index is 694. The summed E-state index contributed by atoms with van der Waals surface area (Å²) < 4.78 is 26.2. The highest BCUT2D eigenvalue weighted by molar-refractivity contribution is 7.47. The van der Waals surface area contributed by atoms with Gasteiger partial charge in [-0.15, -0.1) is 0 Å². The second-order valence-electron chi connectivity index (χ2n) is 11.8. The quantitative estimate of drug-likeness (QED) is 0.0371. The standard InChI is InChI=1S/C33H66NO8P/c1-3-5-6-7-8-9-10-11-12-13-14-15-16-17-18-19-20-21-22-23-24-25-26-33(37)40-29-31(35)30-42-43(38,39)41-28-27-34-32(36)4-2/h31,35H,3-30H2,1-2H3,(H,34,36)(H,38,39). The van der Waals surface area contributed by atoms with Gasteiger partial charge in [-0.2, -0.15) is 0 Å². The minimum atomic E-state index is -4.37. The molecule has 0 fully saturated rings. The van der Waals surface area contributed by atoms with Crippen molar-refractivity contribution in [1.29, 1.82) is 0 Å². The van der Waals surface area contributed by atoms with Gasteiger partial charge in [-0.25, -0.2) is 4.57 Å². The third-order valence-electron chi connectivity index (χ3n) is 7.60. The van der Waals surface area contributed by atoms with Crippen LogP contribution in [0.25, 0.3) is 0 Å². The Balaban J connectivity index is 3.41. The number of aliphatic hydroxyl groups excluding tert-OH is 1. The van der Waals surface area contributed by atoms with Crippen LogP contribution in [0.15, 0.2) is 0 Å². The number of hydrogen-bond acceptors (Lipinski definition) is 7. The number of carbonyl (C=O) groups is 2. The monoisotopic (exact) mass is 635 g/mol. The van der Waals surface area contributed by atoms with Gasteiger partial charge in [0.25, 0.3) is 0 Å². The Morgan fingerprint density at radius 2 is 1.07 bits per heavy atom. The molecule has 256 valence electrons. The molecule has 0 aromatic carbocycles. The average Bonchev–Trinajstić information content (AvgIpc) is 2.99. The molecule has 3 N–H and O–H groups in total. The highest BCUT2D eigenvalue weighted by atomic mass is 31.2.